The summed E-state index contributed by atoms with van der Waals surface area (Å²) in [5.41, 5.74) is 1.84. The van der Waals surface area contributed by atoms with Gasteiger partial charge >= 0.3 is 0 Å². The van der Waals surface area contributed by atoms with Gasteiger partial charge in [-0.1, -0.05) is 12.1 Å². The summed E-state index contributed by atoms with van der Waals surface area (Å²) in [4.78, 5) is 11.6. The molecule has 2 N–H and O–H groups in total. The molecule has 0 saturated carbocycles. The van der Waals surface area contributed by atoms with Crippen LogP contribution >= 0.6 is 0 Å². The van der Waals surface area contributed by atoms with Crippen LogP contribution in [-0.4, -0.2) is 33.2 Å². The summed E-state index contributed by atoms with van der Waals surface area (Å²) in [6.45, 7) is 1.88. The van der Waals surface area contributed by atoms with Gasteiger partial charge in [0, 0.05) is 25.8 Å². The highest BCUT2D eigenvalue weighted by Crippen LogP contribution is 2.03. The number of rotatable bonds is 6. The summed E-state index contributed by atoms with van der Waals surface area (Å²) in [6, 6.07) is 7.55. The molecule has 4 heteroatoms. The highest BCUT2D eigenvalue weighted by molar-refractivity contribution is 5.94. The quantitative estimate of drug-likeness (QED) is 0.699. The van der Waals surface area contributed by atoms with Gasteiger partial charge in [0.2, 0.25) is 0 Å². The molecule has 1 aromatic rings. The molecule has 0 aliphatic heterocycles. The second-order valence-corrected chi connectivity index (χ2v) is 3.48. The monoisotopic (exact) mass is 222 g/mol. The van der Waals surface area contributed by atoms with Crippen LogP contribution in [0.15, 0.2) is 24.3 Å². The minimum absolute atomic E-state index is 0.0620. The van der Waals surface area contributed by atoms with Gasteiger partial charge in [-0.05, 0) is 24.7 Å². The number of ether oxygens (including phenoxy) is 1. The zero-order valence-corrected chi connectivity index (χ0v) is 9.75. The average molecular weight is 222 g/mol. The Balaban J connectivity index is 2.49. The Morgan fingerprint density at radius 3 is 2.56 bits per heavy atom. The Morgan fingerprint density at radius 2 is 2.00 bits per heavy atom. The maximum atomic E-state index is 11.6. The third kappa shape index (κ3) is 4.00. The Labute approximate surface area is 96.0 Å². The van der Waals surface area contributed by atoms with Crippen LogP contribution in [0.1, 0.15) is 15.9 Å². The Hall–Kier alpha value is -1.39. The molecule has 1 aromatic carbocycles. The van der Waals surface area contributed by atoms with E-state index in [1.54, 1.807) is 7.11 Å². The first-order chi connectivity index (χ1) is 7.77. The molecule has 1 rings (SSSR count). The van der Waals surface area contributed by atoms with E-state index in [9.17, 15) is 4.79 Å². The zero-order valence-electron chi connectivity index (χ0n) is 9.75. The highest BCUT2D eigenvalue weighted by Gasteiger charge is 2.03. The summed E-state index contributed by atoms with van der Waals surface area (Å²) in [6.07, 6.45) is 0. The zero-order chi connectivity index (χ0) is 11.8. The molecule has 16 heavy (non-hydrogen) atoms. The van der Waals surface area contributed by atoms with Crippen LogP contribution in [0, 0.1) is 0 Å². The average Bonchev–Trinajstić information content (AvgIpc) is 2.30. The molecule has 0 atom stereocenters. The number of hydrogen-bond acceptors (Lipinski definition) is 3. The van der Waals surface area contributed by atoms with E-state index in [1.807, 2.05) is 31.3 Å². The molecular weight excluding hydrogens is 204 g/mol. The summed E-state index contributed by atoms with van der Waals surface area (Å²) in [5, 5.41) is 5.83. The van der Waals surface area contributed by atoms with Crippen LogP contribution in [0.2, 0.25) is 0 Å². The lowest BCUT2D eigenvalue weighted by molar-refractivity contribution is 0.0937. The van der Waals surface area contributed by atoms with E-state index < -0.39 is 0 Å². The molecule has 88 valence electrons. The fourth-order valence-corrected chi connectivity index (χ4v) is 1.35. The first-order valence-electron chi connectivity index (χ1n) is 5.28. The van der Waals surface area contributed by atoms with Crippen LogP contribution in [-0.2, 0) is 11.3 Å². The van der Waals surface area contributed by atoms with Gasteiger partial charge < -0.3 is 15.4 Å². The summed E-state index contributed by atoms with van der Waals surface area (Å²) in [7, 11) is 3.50. The number of carbonyl (C=O) groups is 1. The number of amides is 1. The van der Waals surface area contributed by atoms with Crippen molar-refractivity contribution in [1.82, 2.24) is 10.6 Å². The SMILES string of the molecule is CNCc1ccc(C(=O)NCCOC)cc1. The lowest BCUT2D eigenvalue weighted by atomic mass is 10.1. The minimum atomic E-state index is -0.0620. The molecule has 0 bridgehead atoms. The van der Waals surface area contributed by atoms with Gasteiger partial charge in [-0.2, -0.15) is 0 Å². The van der Waals surface area contributed by atoms with Crippen molar-refractivity contribution in [2.75, 3.05) is 27.3 Å². The van der Waals surface area contributed by atoms with E-state index in [4.69, 9.17) is 4.74 Å². The molecule has 0 fully saturated rings. The predicted molar refractivity (Wildman–Crippen MR) is 63.4 cm³/mol. The number of hydrogen-bond donors (Lipinski definition) is 2. The van der Waals surface area contributed by atoms with Crippen molar-refractivity contribution in [3.63, 3.8) is 0 Å². The molecule has 0 aliphatic rings. The number of benzene rings is 1. The van der Waals surface area contributed by atoms with Crippen LogP contribution in [0.3, 0.4) is 0 Å². The second kappa shape index (κ2) is 6.98. The summed E-state index contributed by atoms with van der Waals surface area (Å²) in [5.74, 6) is -0.0620. The van der Waals surface area contributed by atoms with Crippen LogP contribution in [0.25, 0.3) is 0 Å². The first-order valence-corrected chi connectivity index (χ1v) is 5.28. The van der Waals surface area contributed by atoms with E-state index >= 15 is 0 Å². The third-order valence-electron chi connectivity index (χ3n) is 2.19. The van der Waals surface area contributed by atoms with E-state index in [-0.39, 0.29) is 5.91 Å². The van der Waals surface area contributed by atoms with E-state index in [0.29, 0.717) is 18.7 Å². The Kier molecular flexibility index (Phi) is 5.53. The van der Waals surface area contributed by atoms with Gasteiger partial charge in [0.15, 0.2) is 0 Å². The lowest BCUT2D eigenvalue weighted by Gasteiger charge is -2.05. The smallest absolute Gasteiger partial charge is 0.251 e. The summed E-state index contributed by atoms with van der Waals surface area (Å²) >= 11 is 0. The van der Waals surface area contributed by atoms with Gasteiger partial charge in [0.1, 0.15) is 0 Å². The van der Waals surface area contributed by atoms with E-state index in [1.165, 1.54) is 0 Å². The van der Waals surface area contributed by atoms with Crippen molar-refractivity contribution < 1.29 is 9.53 Å². The normalized spacial score (nSPS) is 10.1. The third-order valence-corrected chi connectivity index (χ3v) is 2.19. The van der Waals surface area contributed by atoms with Crippen LogP contribution < -0.4 is 10.6 Å². The largest absolute Gasteiger partial charge is 0.383 e. The number of methoxy groups -OCH3 is 1. The van der Waals surface area contributed by atoms with Crippen LogP contribution in [0.4, 0.5) is 0 Å². The maximum Gasteiger partial charge on any atom is 0.251 e. The number of nitrogens with one attached hydrogen (secondary N) is 2. The van der Waals surface area contributed by atoms with Crippen LogP contribution in [0.5, 0.6) is 0 Å². The molecule has 0 aliphatic carbocycles. The highest BCUT2D eigenvalue weighted by atomic mass is 16.5. The Bertz CT molecular complexity index is 322. The molecular formula is C12H18N2O2. The van der Waals surface area contributed by atoms with Gasteiger partial charge in [-0.25, -0.2) is 0 Å². The van der Waals surface area contributed by atoms with Crippen molar-refractivity contribution in [2.45, 2.75) is 6.54 Å². The van der Waals surface area contributed by atoms with Crippen molar-refractivity contribution >= 4 is 5.91 Å². The molecule has 0 unspecified atom stereocenters. The van der Waals surface area contributed by atoms with Gasteiger partial charge in [0.05, 0.1) is 6.61 Å². The van der Waals surface area contributed by atoms with Crippen molar-refractivity contribution in [3.8, 4) is 0 Å². The predicted octanol–water partition coefficient (Wildman–Crippen LogP) is 0.782. The van der Waals surface area contributed by atoms with Gasteiger partial charge in [-0.15, -0.1) is 0 Å². The topological polar surface area (TPSA) is 50.4 Å². The van der Waals surface area contributed by atoms with Crippen molar-refractivity contribution in [3.05, 3.63) is 35.4 Å². The molecule has 0 radical (unpaired) electrons. The minimum Gasteiger partial charge on any atom is -0.383 e. The van der Waals surface area contributed by atoms with Gasteiger partial charge in [-0.3, -0.25) is 4.79 Å². The molecule has 1 amide bonds. The van der Waals surface area contributed by atoms with Crippen molar-refractivity contribution in [2.24, 2.45) is 0 Å². The van der Waals surface area contributed by atoms with E-state index in [2.05, 4.69) is 10.6 Å². The summed E-state index contributed by atoms with van der Waals surface area (Å²) < 4.78 is 4.86. The fraction of sp³-hybridized carbons (Fsp3) is 0.417. The van der Waals surface area contributed by atoms with Gasteiger partial charge in [0.25, 0.3) is 5.91 Å². The molecule has 0 aromatic heterocycles. The first kappa shape index (κ1) is 12.7. The lowest BCUT2D eigenvalue weighted by Crippen LogP contribution is -2.26. The van der Waals surface area contributed by atoms with E-state index in [0.717, 1.165) is 12.1 Å². The molecule has 0 saturated heterocycles. The fourth-order valence-electron chi connectivity index (χ4n) is 1.35. The van der Waals surface area contributed by atoms with Crippen molar-refractivity contribution in [1.29, 1.82) is 0 Å². The standard InChI is InChI=1S/C12H18N2O2/c1-13-9-10-3-5-11(6-4-10)12(15)14-7-8-16-2/h3-6,13H,7-9H2,1-2H3,(H,14,15). The Morgan fingerprint density at radius 1 is 1.31 bits per heavy atom. The molecule has 4 nitrogen and oxygen atoms in total. The number of carbonyl (C=O) groups excluding carboxylic acids is 1. The molecule has 0 heterocycles. The molecule has 0 spiro atoms. The second-order valence-electron chi connectivity index (χ2n) is 3.48. The maximum absolute atomic E-state index is 11.6.